The molecule has 3 nitrogen and oxygen atoms in total. The van der Waals surface area contributed by atoms with Gasteiger partial charge in [-0.2, -0.15) is 0 Å². The first-order chi connectivity index (χ1) is 9.02. The number of hydrogen-bond acceptors (Lipinski definition) is 3. The van der Waals surface area contributed by atoms with Crippen LogP contribution in [0.25, 0.3) is 6.08 Å². The van der Waals surface area contributed by atoms with Gasteiger partial charge >= 0.3 is 0 Å². The Kier molecular flexibility index (Phi) is 3.65. The number of methoxy groups -OCH3 is 1. The lowest BCUT2D eigenvalue weighted by Gasteiger charge is -2.03. The zero-order valence-electron chi connectivity index (χ0n) is 11.3. The normalized spacial score (nSPS) is 17.2. The van der Waals surface area contributed by atoms with Crippen LogP contribution in [0.1, 0.15) is 25.8 Å². The van der Waals surface area contributed by atoms with Crippen LogP contribution < -0.4 is 4.74 Å². The van der Waals surface area contributed by atoms with E-state index in [0.29, 0.717) is 11.1 Å². The van der Waals surface area contributed by atoms with Crippen LogP contribution in [0.3, 0.4) is 0 Å². The first-order valence-corrected chi connectivity index (χ1v) is 6.13. The molecule has 19 heavy (non-hydrogen) atoms. The fraction of sp³-hybridized carbons (Fsp3) is 0.250. The van der Waals surface area contributed by atoms with Crippen LogP contribution in [0.5, 0.6) is 5.75 Å². The fourth-order valence-electron chi connectivity index (χ4n) is 2.19. The van der Waals surface area contributed by atoms with Gasteiger partial charge in [-0.1, -0.05) is 17.7 Å². The topological polar surface area (TPSA) is 43.4 Å². The molecular formula is C16H16O3. The van der Waals surface area contributed by atoms with Crippen molar-refractivity contribution in [1.82, 2.24) is 0 Å². The summed E-state index contributed by atoms with van der Waals surface area (Å²) in [5, 5.41) is 0. The zero-order chi connectivity index (χ0) is 14.0. The van der Waals surface area contributed by atoms with E-state index in [1.807, 2.05) is 38.1 Å². The number of Topliss-reactive ketones (excluding diaryl/α,β-unsaturated/α-hetero) is 2. The van der Waals surface area contributed by atoms with Crippen LogP contribution in [0.4, 0.5) is 0 Å². The molecule has 0 bridgehead atoms. The molecule has 0 radical (unpaired) electrons. The molecule has 98 valence electrons. The number of rotatable bonds is 2. The molecule has 0 amide bonds. The van der Waals surface area contributed by atoms with Crippen molar-refractivity contribution in [3.8, 4) is 5.75 Å². The van der Waals surface area contributed by atoms with E-state index in [4.69, 9.17) is 4.74 Å². The molecule has 1 aliphatic rings. The minimum Gasteiger partial charge on any atom is -0.497 e. The van der Waals surface area contributed by atoms with Crippen molar-refractivity contribution in [2.45, 2.75) is 20.3 Å². The predicted molar refractivity (Wildman–Crippen MR) is 74.0 cm³/mol. The summed E-state index contributed by atoms with van der Waals surface area (Å²) in [6.07, 6.45) is 1.76. The van der Waals surface area contributed by atoms with Crippen molar-refractivity contribution in [2.75, 3.05) is 7.11 Å². The van der Waals surface area contributed by atoms with Gasteiger partial charge in [-0.25, -0.2) is 0 Å². The zero-order valence-corrected chi connectivity index (χ0v) is 11.3. The van der Waals surface area contributed by atoms with E-state index in [9.17, 15) is 9.59 Å². The highest BCUT2D eigenvalue weighted by molar-refractivity contribution is 6.29. The Morgan fingerprint density at radius 2 is 1.74 bits per heavy atom. The van der Waals surface area contributed by atoms with E-state index in [1.54, 1.807) is 13.2 Å². The van der Waals surface area contributed by atoms with Crippen molar-refractivity contribution < 1.29 is 14.3 Å². The Morgan fingerprint density at radius 3 is 2.26 bits per heavy atom. The molecule has 1 aliphatic carbocycles. The van der Waals surface area contributed by atoms with Crippen LogP contribution >= 0.6 is 0 Å². The van der Waals surface area contributed by atoms with E-state index in [0.717, 1.165) is 16.9 Å². The molecule has 2 rings (SSSR count). The third kappa shape index (κ3) is 2.65. The second kappa shape index (κ2) is 5.22. The summed E-state index contributed by atoms with van der Waals surface area (Å²) in [5.74, 6) is 0.584. The van der Waals surface area contributed by atoms with E-state index in [2.05, 4.69) is 0 Å². The molecular weight excluding hydrogens is 240 g/mol. The van der Waals surface area contributed by atoms with E-state index < -0.39 is 0 Å². The maximum Gasteiger partial charge on any atom is 0.171 e. The highest BCUT2D eigenvalue weighted by atomic mass is 16.5. The van der Waals surface area contributed by atoms with Gasteiger partial charge in [0.1, 0.15) is 5.75 Å². The van der Waals surface area contributed by atoms with Gasteiger partial charge in [0.15, 0.2) is 11.6 Å². The Bertz CT molecular complexity index is 585. The highest BCUT2D eigenvalue weighted by Gasteiger charge is 2.31. The Hall–Kier alpha value is -2.16. The third-order valence-corrected chi connectivity index (χ3v) is 3.10. The molecule has 1 aromatic rings. The monoisotopic (exact) mass is 256 g/mol. The minimum atomic E-state index is -0.1000. The Balaban J connectivity index is 2.43. The van der Waals surface area contributed by atoms with Gasteiger partial charge in [-0.3, -0.25) is 9.59 Å². The van der Waals surface area contributed by atoms with Crippen molar-refractivity contribution in [1.29, 1.82) is 0 Å². The van der Waals surface area contributed by atoms with Gasteiger partial charge in [0.25, 0.3) is 0 Å². The number of benzene rings is 1. The number of carbonyl (C=O) groups excluding carboxylic acids is 2. The van der Waals surface area contributed by atoms with Gasteiger partial charge in [-0.15, -0.1) is 0 Å². The second-order valence-corrected chi connectivity index (χ2v) is 4.73. The van der Waals surface area contributed by atoms with Gasteiger partial charge in [0.2, 0.25) is 0 Å². The summed E-state index contributed by atoms with van der Waals surface area (Å²) in [5.41, 5.74) is 2.86. The molecule has 1 fully saturated rings. The van der Waals surface area contributed by atoms with Crippen molar-refractivity contribution in [3.05, 3.63) is 46.5 Å². The summed E-state index contributed by atoms with van der Waals surface area (Å²) in [6, 6.07) is 7.39. The molecule has 0 saturated heterocycles. The fourth-order valence-corrected chi connectivity index (χ4v) is 2.19. The maximum absolute atomic E-state index is 11.9. The summed E-state index contributed by atoms with van der Waals surface area (Å²) >= 11 is 0. The summed E-state index contributed by atoms with van der Waals surface area (Å²) in [6.45, 7) is 3.71. The molecule has 0 spiro atoms. The summed E-state index contributed by atoms with van der Waals surface area (Å²) < 4.78 is 5.09. The second-order valence-electron chi connectivity index (χ2n) is 4.73. The third-order valence-electron chi connectivity index (χ3n) is 3.10. The average Bonchev–Trinajstić information content (AvgIpc) is 2.65. The van der Waals surface area contributed by atoms with Gasteiger partial charge in [0, 0.05) is 11.1 Å². The molecule has 0 heterocycles. The first-order valence-electron chi connectivity index (χ1n) is 6.13. The van der Waals surface area contributed by atoms with Crippen LogP contribution in [0, 0.1) is 0 Å². The van der Waals surface area contributed by atoms with Gasteiger partial charge in [0.05, 0.1) is 13.5 Å². The quantitative estimate of drug-likeness (QED) is 0.603. The lowest BCUT2D eigenvalue weighted by molar-refractivity contribution is -0.120. The maximum atomic E-state index is 11.9. The number of hydrogen-bond donors (Lipinski definition) is 0. The van der Waals surface area contributed by atoms with Crippen molar-refractivity contribution >= 4 is 17.6 Å². The average molecular weight is 256 g/mol. The lowest BCUT2D eigenvalue weighted by Crippen LogP contribution is -1.95. The number of ketones is 2. The SMILES string of the molecule is COc1ccc(/C=C2/C(=O)CC(=O)C2=C(C)C)cc1. The Morgan fingerprint density at radius 1 is 1.11 bits per heavy atom. The van der Waals surface area contributed by atoms with E-state index >= 15 is 0 Å². The molecule has 0 unspecified atom stereocenters. The van der Waals surface area contributed by atoms with Crippen LogP contribution in [0.2, 0.25) is 0 Å². The number of allylic oxidation sites excluding steroid dienone is 3. The molecule has 0 N–H and O–H groups in total. The van der Waals surface area contributed by atoms with E-state index in [1.165, 1.54) is 0 Å². The molecule has 0 aliphatic heterocycles. The van der Waals surface area contributed by atoms with Gasteiger partial charge in [-0.05, 0) is 37.6 Å². The Labute approximate surface area is 112 Å². The first kappa shape index (κ1) is 13.3. The summed E-state index contributed by atoms with van der Waals surface area (Å²) in [4.78, 5) is 23.7. The van der Waals surface area contributed by atoms with Crippen LogP contribution in [-0.4, -0.2) is 18.7 Å². The van der Waals surface area contributed by atoms with Gasteiger partial charge < -0.3 is 4.74 Å². The number of ether oxygens (including phenoxy) is 1. The smallest absolute Gasteiger partial charge is 0.171 e. The molecule has 3 heteroatoms. The molecule has 0 atom stereocenters. The van der Waals surface area contributed by atoms with Crippen molar-refractivity contribution in [3.63, 3.8) is 0 Å². The van der Waals surface area contributed by atoms with Crippen LogP contribution in [-0.2, 0) is 9.59 Å². The van der Waals surface area contributed by atoms with Crippen molar-refractivity contribution in [2.24, 2.45) is 0 Å². The van der Waals surface area contributed by atoms with Crippen LogP contribution in [0.15, 0.2) is 41.0 Å². The largest absolute Gasteiger partial charge is 0.497 e. The lowest BCUT2D eigenvalue weighted by atomic mass is 10.0. The summed E-state index contributed by atoms with van der Waals surface area (Å²) in [7, 11) is 1.61. The van der Waals surface area contributed by atoms with E-state index in [-0.39, 0.29) is 18.0 Å². The predicted octanol–water partition coefficient (Wildman–Crippen LogP) is 2.96. The molecule has 0 aromatic heterocycles. The molecule has 1 aromatic carbocycles. The standard InChI is InChI=1S/C16H16O3/c1-10(2)16-13(14(17)9-15(16)18)8-11-4-6-12(19-3)7-5-11/h4-8H,9H2,1-3H3/b13-8-. The molecule has 1 saturated carbocycles. The minimum absolute atomic E-state index is 0.0114. The number of carbonyl (C=O) groups is 2. The highest BCUT2D eigenvalue weighted by Crippen LogP contribution is 2.29.